The summed E-state index contributed by atoms with van der Waals surface area (Å²) in [6.07, 6.45) is -1.12. The van der Waals surface area contributed by atoms with E-state index in [1.165, 1.54) is 24.0 Å². The number of carbonyl (C=O) groups is 4. The molecule has 3 aromatic carbocycles. The molecule has 6 rings (SSSR count). The molecule has 4 atom stereocenters. The normalized spacial score (nSPS) is 19.6. The smallest absolute Gasteiger partial charge is 0.332 e. The van der Waals surface area contributed by atoms with Crippen LogP contribution >= 0.6 is 11.6 Å². The van der Waals surface area contributed by atoms with E-state index in [4.69, 9.17) is 11.6 Å². The van der Waals surface area contributed by atoms with Crippen LogP contribution in [0.3, 0.4) is 0 Å². The molecule has 0 saturated carbocycles. The lowest BCUT2D eigenvalue weighted by molar-refractivity contribution is -0.141. The van der Waals surface area contributed by atoms with Crippen LogP contribution in [0.4, 0.5) is 10.5 Å². The zero-order valence-corrected chi connectivity index (χ0v) is 22.5. The van der Waals surface area contributed by atoms with Crippen LogP contribution in [0.1, 0.15) is 40.1 Å². The Hall–Kier alpha value is -4.67. The van der Waals surface area contributed by atoms with E-state index in [2.05, 4.69) is 10.3 Å². The van der Waals surface area contributed by atoms with Gasteiger partial charge < -0.3 is 20.5 Å². The highest BCUT2D eigenvalue weighted by Crippen LogP contribution is 2.45. The lowest BCUT2D eigenvalue weighted by Crippen LogP contribution is -2.48. The third kappa shape index (κ3) is 4.32. The minimum Gasteiger partial charge on any atom is -0.480 e. The molecule has 208 valence electrons. The van der Waals surface area contributed by atoms with Gasteiger partial charge in [0.25, 0.3) is 11.8 Å². The number of hydrogen-bond donors (Lipinski definition) is 4. The van der Waals surface area contributed by atoms with Gasteiger partial charge in [-0.1, -0.05) is 54.1 Å². The number of imide groups is 1. The van der Waals surface area contributed by atoms with Crippen molar-refractivity contribution in [3.63, 3.8) is 0 Å². The Bertz CT molecular complexity index is 1730. The first-order chi connectivity index (χ1) is 19.7. The van der Waals surface area contributed by atoms with Crippen LogP contribution in [0, 0.1) is 0 Å². The number of aromatic amines is 1. The Morgan fingerprint density at radius 3 is 2.51 bits per heavy atom. The first kappa shape index (κ1) is 26.5. The first-order valence-corrected chi connectivity index (χ1v) is 13.4. The minimum absolute atomic E-state index is 0.0162. The number of benzene rings is 3. The maximum absolute atomic E-state index is 14.2. The summed E-state index contributed by atoms with van der Waals surface area (Å²) in [5.41, 5.74) is 3.23. The Kier molecular flexibility index (Phi) is 6.51. The third-order valence-corrected chi connectivity index (χ3v) is 7.87. The monoisotopic (exact) mass is 572 g/mol. The van der Waals surface area contributed by atoms with Gasteiger partial charge in [0.05, 0.1) is 17.4 Å². The van der Waals surface area contributed by atoms with Crippen LogP contribution in [0.2, 0.25) is 5.02 Å². The quantitative estimate of drug-likeness (QED) is 0.258. The zero-order valence-electron chi connectivity index (χ0n) is 21.7. The van der Waals surface area contributed by atoms with Crippen molar-refractivity contribution < 1.29 is 29.4 Å². The summed E-state index contributed by atoms with van der Waals surface area (Å²) in [5.74, 6) is -2.78. The summed E-state index contributed by atoms with van der Waals surface area (Å²) >= 11 is 6.35. The molecular weight excluding hydrogens is 548 g/mol. The number of rotatable bonds is 6. The van der Waals surface area contributed by atoms with E-state index in [1.807, 2.05) is 30.3 Å². The van der Waals surface area contributed by atoms with Crippen molar-refractivity contribution in [2.75, 3.05) is 4.90 Å². The topological polar surface area (TPSA) is 143 Å². The number of amides is 4. The highest BCUT2D eigenvalue weighted by Gasteiger charge is 2.53. The molecular formula is C30H25ClN4O6. The predicted molar refractivity (Wildman–Crippen MR) is 151 cm³/mol. The second kappa shape index (κ2) is 10.1. The van der Waals surface area contributed by atoms with Gasteiger partial charge in [0.2, 0.25) is 0 Å². The third-order valence-electron chi connectivity index (χ3n) is 7.64. The first-order valence-electron chi connectivity index (χ1n) is 13.0. The van der Waals surface area contributed by atoms with Crippen molar-refractivity contribution in [2.24, 2.45) is 0 Å². The molecule has 3 heterocycles. The number of fused-ring (bicyclic) bond motifs is 4. The number of nitrogens with one attached hydrogen (secondary N) is 2. The van der Waals surface area contributed by atoms with Gasteiger partial charge in [-0.15, -0.1) is 0 Å². The standard InChI is InChI=1S/C30H25ClN4O6/c1-15(36)24(29(39)40)33-27(37)19-10-3-5-12-22(19)35-28(38)23-14-20-18-9-2-4-11-21(18)32-25(20)26(34(23)30(35)41)16-7-6-8-17(31)13-16/h2-13,15,23-24,26,32,36H,14H2,1H3,(H,33,37)(H,39,40)/t15-,23-,24+,26-/m0/s1. The van der Waals surface area contributed by atoms with Gasteiger partial charge in [0, 0.05) is 28.0 Å². The van der Waals surface area contributed by atoms with Crippen molar-refractivity contribution in [1.82, 2.24) is 15.2 Å². The van der Waals surface area contributed by atoms with Gasteiger partial charge >= 0.3 is 12.0 Å². The molecule has 4 aromatic rings. The molecule has 2 aliphatic heterocycles. The van der Waals surface area contributed by atoms with Gasteiger partial charge in [0.15, 0.2) is 6.04 Å². The van der Waals surface area contributed by atoms with Crippen molar-refractivity contribution >= 4 is 52.0 Å². The van der Waals surface area contributed by atoms with Crippen molar-refractivity contribution in [2.45, 2.75) is 37.6 Å². The van der Waals surface area contributed by atoms with E-state index in [-0.39, 0.29) is 17.7 Å². The summed E-state index contributed by atoms with van der Waals surface area (Å²) < 4.78 is 0. The number of aliphatic hydroxyl groups excluding tert-OH is 1. The average Bonchev–Trinajstić information content (AvgIpc) is 3.44. The molecule has 4 N–H and O–H groups in total. The zero-order chi connectivity index (χ0) is 29.0. The Balaban J connectivity index is 1.45. The maximum Gasteiger partial charge on any atom is 0.332 e. The Labute approximate surface area is 239 Å². The number of para-hydroxylation sites is 2. The molecule has 11 heteroatoms. The number of aliphatic hydroxyl groups is 1. The lowest BCUT2D eigenvalue weighted by atomic mass is 9.89. The number of carboxylic acid groups (broad SMARTS) is 1. The van der Waals surface area contributed by atoms with Crippen LogP contribution in [-0.4, -0.2) is 62.1 Å². The molecule has 1 aromatic heterocycles. The number of carboxylic acids is 1. The summed E-state index contributed by atoms with van der Waals surface area (Å²) in [6, 6.07) is 17.1. The van der Waals surface area contributed by atoms with Crippen LogP contribution in [-0.2, 0) is 16.0 Å². The van der Waals surface area contributed by atoms with Crippen molar-refractivity contribution in [1.29, 1.82) is 0 Å². The SMILES string of the molecule is C[C@H](O)[C@@H](NC(=O)c1ccccc1N1C(=O)[C@@H]2Cc3c([nH]c4ccccc34)[C@H](c3cccc(Cl)c3)N2C1=O)C(=O)O. The van der Waals surface area contributed by atoms with Gasteiger partial charge in [0.1, 0.15) is 12.1 Å². The highest BCUT2D eigenvalue weighted by molar-refractivity contribution is 6.30. The van der Waals surface area contributed by atoms with Crippen LogP contribution in [0.15, 0.2) is 72.8 Å². The molecule has 1 fully saturated rings. The molecule has 4 amide bonds. The van der Waals surface area contributed by atoms with E-state index >= 15 is 0 Å². The highest BCUT2D eigenvalue weighted by atomic mass is 35.5. The number of halogens is 1. The molecule has 41 heavy (non-hydrogen) atoms. The van der Waals surface area contributed by atoms with E-state index in [0.29, 0.717) is 10.6 Å². The molecule has 0 radical (unpaired) electrons. The second-order valence-corrected chi connectivity index (χ2v) is 10.6. The average molecular weight is 573 g/mol. The van der Waals surface area contributed by atoms with Crippen LogP contribution in [0.25, 0.3) is 10.9 Å². The largest absolute Gasteiger partial charge is 0.480 e. The molecule has 0 aliphatic carbocycles. The maximum atomic E-state index is 14.2. The number of aromatic nitrogens is 1. The number of carbonyl (C=O) groups excluding carboxylic acids is 3. The number of urea groups is 1. The fraction of sp³-hybridized carbons (Fsp3) is 0.200. The fourth-order valence-electron chi connectivity index (χ4n) is 5.79. The molecule has 0 unspecified atom stereocenters. The Morgan fingerprint density at radius 1 is 1.05 bits per heavy atom. The number of hydrogen-bond acceptors (Lipinski definition) is 5. The molecule has 1 saturated heterocycles. The van der Waals surface area contributed by atoms with Crippen molar-refractivity contribution in [3.05, 3.63) is 100 Å². The number of nitrogens with zero attached hydrogens (tertiary/aromatic N) is 2. The summed E-state index contributed by atoms with van der Waals surface area (Å²) in [4.78, 5) is 58.9. The second-order valence-electron chi connectivity index (χ2n) is 10.2. The van der Waals surface area contributed by atoms with Crippen LogP contribution < -0.4 is 10.2 Å². The van der Waals surface area contributed by atoms with E-state index < -0.39 is 48.0 Å². The van der Waals surface area contributed by atoms with E-state index in [0.717, 1.165) is 27.1 Å². The summed E-state index contributed by atoms with van der Waals surface area (Å²) in [5, 5.41) is 23.0. The van der Waals surface area contributed by atoms with Gasteiger partial charge in [-0.05, 0) is 48.4 Å². The number of aliphatic carboxylic acids is 1. The van der Waals surface area contributed by atoms with E-state index in [9.17, 15) is 29.4 Å². The van der Waals surface area contributed by atoms with Gasteiger partial charge in [-0.3, -0.25) is 14.5 Å². The van der Waals surface area contributed by atoms with Gasteiger partial charge in [-0.25, -0.2) is 14.5 Å². The molecule has 10 nitrogen and oxygen atoms in total. The molecule has 0 bridgehead atoms. The van der Waals surface area contributed by atoms with E-state index in [1.54, 1.807) is 30.3 Å². The Morgan fingerprint density at radius 2 is 1.78 bits per heavy atom. The molecule has 0 spiro atoms. The summed E-state index contributed by atoms with van der Waals surface area (Å²) in [6.45, 7) is 1.24. The number of anilines is 1. The fourth-order valence-corrected chi connectivity index (χ4v) is 5.99. The number of H-pyrrole nitrogens is 1. The lowest BCUT2D eigenvalue weighted by Gasteiger charge is -2.36. The predicted octanol–water partition coefficient (Wildman–Crippen LogP) is 3.87. The summed E-state index contributed by atoms with van der Waals surface area (Å²) in [7, 11) is 0. The van der Waals surface area contributed by atoms with Gasteiger partial charge in [-0.2, -0.15) is 0 Å². The minimum atomic E-state index is -1.59. The van der Waals surface area contributed by atoms with Crippen molar-refractivity contribution in [3.8, 4) is 0 Å². The molecule has 2 aliphatic rings. The van der Waals surface area contributed by atoms with Crippen LogP contribution in [0.5, 0.6) is 0 Å².